The maximum atomic E-state index is 11.4. The maximum Gasteiger partial charge on any atom is 0.165 e. The summed E-state index contributed by atoms with van der Waals surface area (Å²) in [4.78, 5) is 23.5. The first-order chi connectivity index (χ1) is 11.7. The van der Waals surface area contributed by atoms with Crippen molar-refractivity contribution < 1.29 is 4.79 Å². The van der Waals surface area contributed by atoms with E-state index in [4.69, 9.17) is 0 Å². The number of aromatic nitrogens is 3. The third kappa shape index (κ3) is 2.90. The van der Waals surface area contributed by atoms with E-state index in [0.29, 0.717) is 6.54 Å². The van der Waals surface area contributed by atoms with E-state index in [1.165, 1.54) is 0 Å². The smallest absolute Gasteiger partial charge is 0.165 e. The molecule has 1 atom stereocenters. The van der Waals surface area contributed by atoms with Crippen molar-refractivity contribution in [3.63, 3.8) is 0 Å². The Morgan fingerprint density at radius 1 is 1.50 bits per heavy atom. The largest absolute Gasteiger partial charge is 0.326 e. The molecule has 0 radical (unpaired) electrons. The normalized spacial score (nSPS) is 20.3. The molecule has 0 bridgehead atoms. The van der Waals surface area contributed by atoms with E-state index in [0.717, 1.165) is 46.3 Å². The van der Waals surface area contributed by atoms with Gasteiger partial charge < -0.3 is 4.90 Å². The van der Waals surface area contributed by atoms with Crippen molar-refractivity contribution in [2.24, 2.45) is 12.0 Å². The van der Waals surface area contributed by atoms with Gasteiger partial charge in [-0.15, -0.1) is 11.3 Å². The molecule has 0 saturated carbocycles. The Balaban J connectivity index is 1.51. The first-order valence-corrected chi connectivity index (χ1v) is 9.24. The number of hydrogen-bond acceptors (Lipinski definition) is 8. The number of nitrogens with zero attached hydrogens (tertiary/aromatic N) is 5. The Morgan fingerprint density at radius 3 is 3.12 bits per heavy atom. The van der Waals surface area contributed by atoms with E-state index < -0.39 is 0 Å². The fourth-order valence-electron chi connectivity index (χ4n) is 2.90. The summed E-state index contributed by atoms with van der Waals surface area (Å²) in [5, 5.41) is 7.01. The van der Waals surface area contributed by atoms with Crippen molar-refractivity contribution in [3.8, 4) is 0 Å². The molecule has 2 aromatic heterocycles. The van der Waals surface area contributed by atoms with Crippen LogP contribution in [-0.4, -0.2) is 50.9 Å². The van der Waals surface area contributed by atoms with E-state index in [2.05, 4.69) is 24.7 Å². The molecule has 0 amide bonds. The molecule has 1 fully saturated rings. The fourth-order valence-corrected chi connectivity index (χ4v) is 4.32. The summed E-state index contributed by atoms with van der Waals surface area (Å²) in [7, 11) is 1.90. The van der Waals surface area contributed by atoms with Crippen molar-refractivity contribution in [2.45, 2.75) is 17.4 Å². The molecule has 4 rings (SSSR count). The van der Waals surface area contributed by atoms with Crippen LogP contribution in [0.2, 0.25) is 0 Å². The van der Waals surface area contributed by atoms with Gasteiger partial charge in [-0.3, -0.25) is 19.2 Å². The van der Waals surface area contributed by atoms with Crippen LogP contribution in [0.1, 0.15) is 11.4 Å². The van der Waals surface area contributed by atoms with Gasteiger partial charge in [0.15, 0.2) is 10.8 Å². The Hall–Kier alpha value is -1.97. The number of aliphatic imine (C=N–C) groups is 1. The number of aldehydes is 1. The zero-order valence-corrected chi connectivity index (χ0v) is 14.7. The summed E-state index contributed by atoms with van der Waals surface area (Å²) in [5.41, 5.74) is 1.83. The average Bonchev–Trinajstić information content (AvgIpc) is 3.32. The molecule has 0 aliphatic carbocycles. The molecule has 7 nitrogen and oxygen atoms in total. The quantitative estimate of drug-likeness (QED) is 0.643. The van der Waals surface area contributed by atoms with Crippen LogP contribution in [0.5, 0.6) is 0 Å². The van der Waals surface area contributed by atoms with Gasteiger partial charge in [-0.25, -0.2) is 4.98 Å². The Morgan fingerprint density at radius 2 is 2.42 bits per heavy atom. The van der Waals surface area contributed by atoms with Crippen LogP contribution in [0.15, 0.2) is 45.1 Å². The third-order valence-electron chi connectivity index (χ3n) is 3.98. The van der Waals surface area contributed by atoms with Crippen molar-refractivity contribution in [1.29, 1.82) is 0 Å². The summed E-state index contributed by atoms with van der Waals surface area (Å²) >= 11 is 3.14. The van der Waals surface area contributed by atoms with Crippen molar-refractivity contribution in [2.75, 3.05) is 13.1 Å². The van der Waals surface area contributed by atoms with E-state index in [1.54, 1.807) is 34.2 Å². The van der Waals surface area contributed by atoms with Crippen molar-refractivity contribution in [1.82, 2.24) is 24.4 Å². The molecule has 4 heterocycles. The molecule has 1 saturated heterocycles. The number of carbonyl (C=O) groups excluding carboxylic acids is 1. The van der Waals surface area contributed by atoms with E-state index in [9.17, 15) is 4.79 Å². The van der Waals surface area contributed by atoms with Gasteiger partial charge in [0.25, 0.3) is 0 Å². The fraction of sp³-hybridized carbons (Fsp3) is 0.333. The number of fused-ring (bicyclic) bond motifs is 1. The Labute approximate surface area is 147 Å². The van der Waals surface area contributed by atoms with Crippen molar-refractivity contribution in [3.05, 3.63) is 40.2 Å². The highest BCUT2D eigenvalue weighted by molar-refractivity contribution is 7.97. The summed E-state index contributed by atoms with van der Waals surface area (Å²) in [5.74, 6) is 0.876. The zero-order valence-electron chi connectivity index (χ0n) is 13.0. The third-order valence-corrected chi connectivity index (χ3v) is 5.65. The summed E-state index contributed by atoms with van der Waals surface area (Å²) in [6.45, 7) is 1.21. The highest BCUT2D eigenvalue weighted by Crippen LogP contribution is 2.31. The van der Waals surface area contributed by atoms with Crippen LogP contribution in [0.4, 0.5) is 0 Å². The lowest BCUT2D eigenvalue weighted by Crippen LogP contribution is -2.35. The molecular weight excluding hydrogens is 344 g/mol. The number of rotatable bonds is 5. The molecule has 2 aliphatic heterocycles. The standard InChI is InChI=1S/C15H16N6OS2/c1-20-8-12(6-18-20)24-19-11-4-13-10(9-22)5-17-14(21(13)7-11)15-16-2-3-23-15/h2-3,6,8-9,11,19H,4-5,7H2,1H3. The van der Waals surface area contributed by atoms with Gasteiger partial charge in [0, 0.05) is 55.1 Å². The molecular formula is C15H16N6OS2. The Bertz CT molecular complexity index is 810. The highest BCUT2D eigenvalue weighted by Gasteiger charge is 2.35. The monoisotopic (exact) mass is 360 g/mol. The van der Waals surface area contributed by atoms with E-state index in [-0.39, 0.29) is 6.04 Å². The second-order valence-electron chi connectivity index (χ2n) is 5.65. The topological polar surface area (TPSA) is 75.4 Å². The minimum absolute atomic E-state index is 0.239. The van der Waals surface area contributed by atoms with Gasteiger partial charge in [-0.1, -0.05) is 0 Å². The van der Waals surface area contributed by atoms with Crippen LogP contribution < -0.4 is 4.72 Å². The number of thiazole rings is 1. The minimum Gasteiger partial charge on any atom is -0.326 e. The first kappa shape index (κ1) is 15.6. The second-order valence-corrected chi connectivity index (χ2v) is 7.45. The average molecular weight is 360 g/mol. The number of nitrogens with one attached hydrogen (secondary N) is 1. The maximum absolute atomic E-state index is 11.4. The van der Waals surface area contributed by atoms with Gasteiger partial charge in [0.05, 0.1) is 17.6 Å². The SMILES string of the molecule is Cn1cc(SNC2CC3=C(C=O)CN=C(c4nccs4)N3C2)cn1. The van der Waals surface area contributed by atoms with E-state index >= 15 is 0 Å². The molecule has 2 aliphatic rings. The second kappa shape index (κ2) is 6.50. The van der Waals surface area contributed by atoms with E-state index in [1.807, 2.05) is 24.8 Å². The molecule has 9 heteroatoms. The lowest BCUT2D eigenvalue weighted by molar-refractivity contribution is -0.105. The lowest BCUT2D eigenvalue weighted by Gasteiger charge is -2.25. The summed E-state index contributed by atoms with van der Waals surface area (Å²) < 4.78 is 5.26. The van der Waals surface area contributed by atoms with Gasteiger partial charge in [0.1, 0.15) is 6.29 Å². The number of amidine groups is 1. The number of hydrogen-bond donors (Lipinski definition) is 1. The highest BCUT2D eigenvalue weighted by atomic mass is 32.2. The molecule has 2 aromatic rings. The lowest BCUT2D eigenvalue weighted by atomic mass is 10.1. The molecule has 0 spiro atoms. The molecule has 124 valence electrons. The van der Waals surface area contributed by atoms with Crippen LogP contribution in [-0.2, 0) is 11.8 Å². The molecule has 24 heavy (non-hydrogen) atoms. The molecule has 1 N–H and O–H groups in total. The van der Waals surface area contributed by atoms with Crippen molar-refractivity contribution >= 4 is 35.4 Å². The summed E-state index contributed by atoms with van der Waals surface area (Å²) in [6, 6.07) is 0.239. The minimum atomic E-state index is 0.239. The van der Waals surface area contributed by atoms with Crippen LogP contribution in [0.25, 0.3) is 0 Å². The number of aryl methyl sites for hydroxylation is 1. The number of carbonyl (C=O) groups is 1. The predicted molar refractivity (Wildman–Crippen MR) is 93.9 cm³/mol. The predicted octanol–water partition coefficient (Wildman–Crippen LogP) is 1.46. The molecule has 0 aromatic carbocycles. The van der Waals surface area contributed by atoms with Gasteiger partial charge in [0.2, 0.25) is 0 Å². The zero-order chi connectivity index (χ0) is 16.5. The first-order valence-electron chi connectivity index (χ1n) is 7.54. The van der Waals surface area contributed by atoms with Crippen LogP contribution >= 0.6 is 23.3 Å². The van der Waals surface area contributed by atoms with Crippen LogP contribution in [0.3, 0.4) is 0 Å². The van der Waals surface area contributed by atoms with Crippen LogP contribution in [0, 0.1) is 0 Å². The Kier molecular flexibility index (Phi) is 4.21. The van der Waals surface area contributed by atoms with Gasteiger partial charge >= 0.3 is 0 Å². The van der Waals surface area contributed by atoms with Gasteiger partial charge in [-0.05, 0) is 11.9 Å². The van der Waals surface area contributed by atoms with Gasteiger partial charge in [-0.2, -0.15) is 5.10 Å². The molecule has 1 unspecified atom stereocenters. The summed E-state index contributed by atoms with van der Waals surface area (Å²) in [6.07, 6.45) is 7.33.